The molecule has 156 valence electrons. The Hall–Kier alpha value is -3.20. The van der Waals surface area contributed by atoms with Crippen LogP contribution in [0, 0.1) is 0 Å². The number of benzene rings is 2. The highest BCUT2D eigenvalue weighted by Crippen LogP contribution is 2.26. The number of nitrogens with zero attached hydrogens (tertiary/aromatic N) is 2. The van der Waals surface area contributed by atoms with Gasteiger partial charge in [0.05, 0.1) is 5.52 Å². The van der Waals surface area contributed by atoms with Crippen LogP contribution in [-0.2, 0) is 9.53 Å². The Morgan fingerprint density at radius 2 is 1.87 bits per heavy atom. The lowest BCUT2D eigenvalue weighted by atomic mass is 10.2. The third-order valence-electron chi connectivity index (χ3n) is 3.80. The van der Waals surface area contributed by atoms with Crippen LogP contribution in [0.15, 0.2) is 53.3 Å². The highest BCUT2D eigenvalue weighted by atomic mass is 79.9. The average Bonchev–Trinajstić information content (AvgIpc) is 2.66. The van der Waals surface area contributed by atoms with Crippen LogP contribution in [0.3, 0.4) is 0 Å². The lowest BCUT2D eigenvalue weighted by Crippen LogP contribution is -2.37. The molecule has 30 heavy (non-hydrogen) atoms. The van der Waals surface area contributed by atoms with Crippen LogP contribution in [0.1, 0.15) is 20.8 Å². The minimum atomic E-state index is -0.648. The minimum absolute atomic E-state index is 0.207. The van der Waals surface area contributed by atoms with Crippen LogP contribution in [0.25, 0.3) is 10.9 Å². The molecule has 1 aromatic heterocycles. The molecule has 2 amide bonds. The molecule has 1 heterocycles. The van der Waals surface area contributed by atoms with Gasteiger partial charge in [0.15, 0.2) is 0 Å². The number of carbonyl (C=O) groups excluding carboxylic acids is 2. The molecule has 0 radical (unpaired) electrons. The minimum Gasteiger partial charge on any atom is -0.444 e. The molecular weight excluding hydrogens is 450 g/mol. The second-order valence-corrected chi connectivity index (χ2v) is 8.41. The largest absolute Gasteiger partial charge is 0.444 e. The fourth-order valence-corrected chi connectivity index (χ4v) is 3.01. The number of alkyl carbamates (subject to hydrolysis) is 1. The summed E-state index contributed by atoms with van der Waals surface area (Å²) in [6.45, 7) is 5.05. The zero-order chi connectivity index (χ0) is 21.7. The maximum absolute atomic E-state index is 12.2. The second-order valence-electron chi connectivity index (χ2n) is 7.49. The Balaban J connectivity index is 1.71. The van der Waals surface area contributed by atoms with Crippen LogP contribution in [-0.4, -0.2) is 34.1 Å². The average molecular weight is 472 g/mol. The molecule has 0 spiro atoms. The van der Waals surface area contributed by atoms with Crippen molar-refractivity contribution in [3.05, 3.63) is 53.3 Å². The molecule has 3 N–H and O–H groups in total. The van der Waals surface area contributed by atoms with Crippen molar-refractivity contribution >= 4 is 56.0 Å². The number of carbonyl (C=O) groups is 2. The number of nitrogens with one attached hydrogen (secondary N) is 3. The Morgan fingerprint density at radius 3 is 2.60 bits per heavy atom. The number of hydrogen-bond donors (Lipinski definition) is 3. The first-order valence-electron chi connectivity index (χ1n) is 9.24. The topological polar surface area (TPSA) is 105 Å². The van der Waals surface area contributed by atoms with Gasteiger partial charge in [0, 0.05) is 21.2 Å². The molecule has 2 aromatic carbocycles. The lowest BCUT2D eigenvalue weighted by Gasteiger charge is -2.19. The molecule has 8 nitrogen and oxygen atoms in total. The third-order valence-corrected chi connectivity index (χ3v) is 4.29. The molecule has 9 heteroatoms. The molecule has 0 fully saturated rings. The predicted molar refractivity (Wildman–Crippen MR) is 120 cm³/mol. The number of hydrogen-bond acceptors (Lipinski definition) is 6. The number of anilines is 3. The zero-order valence-electron chi connectivity index (χ0n) is 16.8. The second kappa shape index (κ2) is 9.08. The number of rotatable bonds is 5. The SMILES string of the molecule is CC(C)(C)OC(=O)NCC(=O)Nc1ccc2ncnc(Nc3cccc(Br)c3)c2c1. The van der Waals surface area contributed by atoms with E-state index in [9.17, 15) is 9.59 Å². The first-order chi connectivity index (χ1) is 14.2. The summed E-state index contributed by atoms with van der Waals surface area (Å²) >= 11 is 3.45. The van der Waals surface area contributed by atoms with Crippen LogP contribution in [0.2, 0.25) is 0 Å². The summed E-state index contributed by atoms with van der Waals surface area (Å²) in [5.41, 5.74) is 1.52. The van der Waals surface area contributed by atoms with Crippen LogP contribution >= 0.6 is 15.9 Å². The molecule has 0 aliphatic heterocycles. The van der Waals surface area contributed by atoms with E-state index in [-0.39, 0.29) is 12.5 Å². The van der Waals surface area contributed by atoms with Crippen LogP contribution < -0.4 is 16.0 Å². The van der Waals surface area contributed by atoms with E-state index in [0.717, 1.165) is 21.1 Å². The first kappa shape index (κ1) is 21.5. The Kier molecular flexibility index (Phi) is 6.51. The predicted octanol–water partition coefficient (Wildman–Crippen LogP) is 4.60. The van der Waals surface area contributed by atoms with Gasteiger partial charge < -0.3 is 20.7 Å². The number of amides is 2. The molecule has 0 saturated carbocycles. The van der Waals surface area contributed by atoms with Crippen molar-refractivity contribution < 1.29 is 14.3 Å². The van der Waals surface area contributed by atoms with Crippen molar-refractivity contribution in [1.29, 1.82) is 0 Å². The summed E-state index contributed by atoms with van der Waals surface area (Å²) in [6.07, 6.45) is 0.830. The van der Waals surface area contributed by atoms with Gasteiger partial charge in [0.1, 0.15) is 24.3 Å². The van der Waals surface area contributed by atoms with Crippen LogP contribution in [0.4, 0.5) is 22.0 Å². The van der Waals surface area contributed by atoms with E-state index in [1.54, 1.807) is 39.0 Å². The summed E-state index contributed by atoms with van der Waals surface area (Å²) in [5.74, 6) is 0.236. The number of ether oxygens (including phenoxy) is 1. The van der Waals surface area contributed by atoms with Gasteiger partial charge in [-0.05, 0) is 57.2 Å². The number of aromatic nitrogens is 2. The molecule has 3 rings (SSSR count). The molecule has 0 bridgehead atoms. The zero-order valence-corrected chi connectivity index (χ0v) is 18.4. The van der Waals surface area contributed by atoms with E-state index < -0.39 is 11.7 Å². The van der Waals surface area contributed by atoms with Gasteiger partial charge >= 0.3 is 6.09 Å². The normalized spacial score (nSPS) is 11.1. The molecule has 3 aromatic rings. The summed E-state index contributed by atoms with van der Waals surface area (Å²) in [4.78, 5) is 32.5. The molecule has 0 aliphatic carbocycles. The van der Waals surface area contributed by atoms with E-state index in [1.165, 1.54) is 6.33 Å². The van der Waals surface area contributed by atoms with Crippen molar-refractivity contribution in [3.8, 4) is 0 Å². The number of halogens is 1. The summed E-state index contributed by atoms with van der Waals surface area (Å²) in [7, 11) is 0. The summed E-state index contributed by atoms with van der Waals surface area (Å²) < 4.78 is 6.06. The van der Waals surface area contributed by atoms with Gasteiger partial charge in [-0.1, -0.05) is 22.0 Å². The third kappa shape index (κ3) is 6.15. The molecule has 0 unspecified atom stereocenters. The summed E-state index contributed by atoms with van der Waals surface area (Å²) in [5, 5.41) is 9.19. The quantitative estimate of drug-likeness (QED) is 0.502. The monoisotopic (exact) mass is 471 g/mol. The van der Waals surface area contributed by atoms with E-state index in [4.69, 9.17) is 4.74 Å². The van der Waals surface area contributed by atoms with Gasteiger partial charge in [-0.3, -0.25) is 4.79 Å². The molecule has 0 atom stereocenters. The fraction of sp³-hybridized carbons (Fsp3) is 0.238. The first-order valence-corrected chi connectivity index (χ1v) is 10.0. The molecule has 0 saturated heterocycles. The van der Waals surface area contributed by atoms with Gasteiger partial charge in [-0.2, -0.15) is 0 Å². The van der Waals surface area contributed by atoms with E-state index >= 15 is 0 Å². The van der Waals surface area contributed by atoms with Gasteiger partial charge in [0.25, 0.3) is 0 Å². The van der Waals surface area contributed by atoms with Gasteiger partial charge in [0.2, 0.25) is 5.91 Å². The fourth-order valence-electron chi connectivity index (χ4n) is 2.61. The Bertz CT molecular complexity index is 1080. The van der Waals surface area contributed by atoms with E-state index in [1.807, 2.05) is 24.3 Å². The summed E-state index contributed by atoms with van der Waals surface area (Å²) in [6, 6.07) is 13.0. The smallest absolute Gasteiger partial charge is 0.408 e. The maximum atomic E-state index is 12.2. The van der Waals surface area contributed by atoms with Crippen molar-refractivity contribution in [2.24, 2.45) is 0 Å². The Labute approximate surface area is 182 Å². The highest BCUT2D eigenvalue weighted by molar-refractivity contribution is 9.10. The van der Waals surface area contributed by atoms with Crippen molar-refractivity contribution in [2.45, 2.75) is 26.4 Å². The molecular formula is C21H22BrN5O3. The van der Waals surface area contributed by atoms with Crippen molar-refractivity contribution in [3.63, 3.8) is 0 Å². The Morgan fingerprint density at radius 1 is 1.07 bits per heavy atom. The van der Waals surface area contributed by atoms with Crippen molar-refractivity contribution in [1.82, 2.24) is 15.3 Å². The highest BCUT2D eigenvalue weighted by Gasteiger charge is 2.16. The van der Waals surface area contributed by atoms with Crippen molar-refractivity contribution in [2.75, 3.05) is 17.2 Å². The van der Waals surface area contributed by atoms with Crippen LogP contribution in [0.5, 0.6) is 0 Å². The standard InChI is InChI=1S/C21H22BrN5O3/c1-21(2,3)30-20(29)23-11-18(28)26-15-7-8-17-16(10-15)19(25-12-24-17)27-14-6-4-5-13(22)9-14/h4-10,12H,11H2,1-3H3,(H,23,29)(H,26,28)(H,24,25,27). The van der Waals surface area contributed by atoms with E-state index in [0.29, 0.717) is 11.5 Å². The number of fused-ring (bicyclic) bond motifs is 1. The van der Waals surface area contributed by atoms with Gasteiger partial charge in [-0.25, -0.2) is 14.8 Å². The lowest BCUT2D eigenvalue weighted by molar-refractivity contribution is -0.115. The molecule has 0 aliphatic rings. The van der Waals surface area contributed by atoms with E-state index in [2.05, 4.69) is 41.8 Å². The maximum Gasteiger partial charge on any atom is 0.408 e. The van der Waals surface area contributed by atoms with Gasteiger partial charge in [-0.15, -0.1) is 0 Å².